The van der Waals surface area contributed by atoms with Crippen LogP contribution in [0.5, 0.6) is 0 Å². The van der Waals surface area contributed by atoms with Crippen molar-refractivity contribution in [2.75, 3.05) is 7.05 Å². The van der Waals surface area contributed by atoms with E-state index in [1.165, 1.54) is 16.6 Å². The molecule has 3 aromatic rings. The monoisotopic (exact) mass is 308 g/mol. The van der Waals surface area contributed by atoms with Gasteiger partial charge >= 0.3 is 0 Å². The number of fused-ring (bicyclic) bond motifs is 1. The molecule has 0 spiro atoms. The molecule has 2 aromatic heterocycles. The summed E-state index contributed by atoms with van der Waals surface area (Å²) >= 11 is 0. The number of hydrogen-bond donors (Lipinski definition) is 0. The van der Waals surface area contributed by atoms with Crippen LogP contribution in [-0.4, -0.2) is 32.8 Å². The predicted molar refractivity (Wildman–Crippen MR) is 94.3 cm³/mol. The normalized spacial score (nSPS) is 12.9. The standard InChI is InChI=1S/C19H24N4/c1-14-9-10-20-16(11-14)12-15(2)22(3)13-19-17-7-5-6-8-18(17)21-23(19)4/h5-11,15H,12-13H2,1-4H3/t15-/m1/s1. The second kappa shape index (κ2) is 6.50. The van der Waals surface area contributed by atoms with Crippen LogP contribution in [0.1, 0.15) is 23.9 Å². The molecule has 4 nitrogen and oxygen atoms in total. The van der Waals surface area contributed by atoms with Gasteiger partial charge in [0, 0.05) is 43.3 Å². The van der Waals surface area contributed by atoms with E-state index in [1.54, 1.807) is 0 Å². The summed E-state index contributed by atoms with van der Waals surface area (Å²) < 4.78 is 2.00. The van der Waals surface area contributed by atoms with E-state index in [9.17, 15) is 0 Å². The van der Waals surface area contributed by atoms with Gasteiger partial charge in [-0.1, -0.05) is 18.2 Å². The summed E-state index contributed by atoms with van der Waals surface area (Å²) in [6, 6.07) is 13.0. The van der Waals surface area contributed by atoms with Crippen molar-refractivity contribution in [3.05, 3.63) is 59.5 Å². The van der Waals surface area contributed by atoms with E-state index >= 15 is 0 Å². The zero-order chi connectivity index (χ0) is 16.4. The van der Waals surface area contributed by atoms with Crippen molar-refractivity contribution in [1.29, 1.82) is 0 Å². The summed E-state index contributed by atoms with van der Waals surface area (Å²) in [5.74, 6) is 0. The van der Waals surface area contributed by atoms with Crippen molar-refractivity contribution in [3.8, 4) is 0 Å². The average molecular weight is 308 g/mol. The number of pyridine rings is 1. The Labute approximate surface area is 137 Å². The molecule has 0 radical (unpaired) electrons. The van der Waals surface area contributed by atoms with Crippen LogP contribution in [0.25, 0.3) is 10.9 Å². The van der Waals surface area contributed by atoms with Crippen LogP contribution in [-0.2, 0) is 20.0 Å². The van der Waals surface area contributed by atoms with Crippen molar-refractivity contribution in [1.82, 2.24) is 19.7 Å². The SMILES string of the molecule is Cc1ccnc(C[C@@H](C)N(C)Cc2c3ccccc3nn2C)c1. The molecular weight excluding hydrogens is 284 g/mol. The van der Waals surface area contributed by atoms with Crippen LogP contribution in [0.4, 0.5) is 0 Å². The molecular formula is C19H24N4. The number of rotatable bonds is 5. The molecule has 120 valence electrons. The summed E-state index contributed by atoms with van der Waals surface area (Å²) in [6.07, 6.45) is 2.85. The molecule has 0 saturated carbocycles. The third kappa shape index (κ3) is 3.42. The maximum Gasteiger partial charge on any atom is 0.0926 e. The Bertz CT molecular complexity index is 806. The molecule has 4 heteroatoms. The van der Waals surface area contributed by atoms with E-state index in [4.69, 9.17) is 0 Å². The Morgan fingerprint density at radius 3 is 2.78 bits per heavy atom. The van der Waals surface area contributed by atoms with Gasteiger partial charge in [0.1, 0.15) is 0 Å². The summed E-state index contributed by atoms with van der Waals surface area (Å²) in [7, 11) is 4.19. The van der Waals surface area contributed by atoms with E-state index in [1.807, 2.05) is 30.1 Å². The summed E-state index contributed by atoms with van der Waals surface area (Å²) in [5.41, 5.74) is 4.74. The number of aryl methyl sites for hydroxylation is 2. The maximum atomic E-state index is 4.60. The largest absolute Gasteiger partial charge is 0.297 e. The minimum Gasteiger partial charge on any atom is -0.297 e. The first-order valence-electron chi connectivity index (χ1n) is 8.07. The second-order valence-corrected chi connectivity index (χ2v) is 6.38. The quantitative estimate of drug-likeness (QED) is 0.725. The van der Waals surface area contributed by atoms with Crippen LogP contribution < -0.4 is 0 Å². The van der Waals surface area contributed by atoms with Gasteiger partial charge in [-0.15, -0.1) is 0 Å². The molecule has 0 fully saturated rings. The highest BCUT2D eigenvalue weighted by atomic mass is 15.3. The lowest BCUT2D eigenvalue weighted by atomic mass is 10.1. The number of benzene rings is 1. The van der Waals surface area contributed by atoms with E-state index in [0.717, 1.165) is 24.2 Å². The average Bonchev–Trinajstić information content (AvgIpc) is 2.83. The van der Waals surface area contributed by atoms with Gasteiger partial charge in [-0.25, -0.2) is 0 Å². The Morgan fingerprint density at radius 1 is 1.22 bits per heavy atom. The van der Waals surface area contributed by atoms with Crippen LogP contribution in [0.3, 0.4) is 0 Å². The topological polar surface area (TPSA) is 34.0 Å². The first-order chi connectivity index (χ1) is 11.0. The zero-order valence-electron chi connectivity index (χ0n) is 14.3. The second-order valence-electron chi connectivity index (χ2n) is 6.38. The smallest absolute Gasteiger partial charge is 0.0926 e. The van der Waals surface area contributed by atoms with Gasteiger partial charge in [0.2, 0.25) is 0 Å². The lowest BCUT2D eigenvalue weighted by molar-refractivity contribution is 0.241. The van der Waals surface area contributed by atoms with Gasteiger partial charge in [0.15, 0.2) is 0 Å². The molecule has 2 heterocycles. The molecule has 0 aliphatic rings. The first kappa shape index (κ1) is 15.7. The Hall–Kier alpha value is -2.20. The first-order valence-corrected chi connectivity index (χ1v) is 8.07. The lowest BCUT2D eigenvalue weighted by Crippen LogP contribution is -2.31. The van der Waals surface area contributed by atoms with Crippen molar-refractivity contribution in [3.63, 3.8) is 0 Å². The Kier molecular flexibility index (Phi) is 4.44. The molecule has 3 rings (SSSR count). The molecule has 0 bridgehead atoms. The fraction of sp³-hybridized carbons (Fsp3) is 0.368. The third-order valence-corrected chi connectivity index (χ3v) is 4.49. The highest BCUT2D eigenvalue weighted by Gasteiger charge is 2.15. The number of hydrogen-bond acceptors (Lipinski definition) is 3. The fourth-order valence-electron chi connectivity index (χ4n) is 2.95. The minimum absolute atomic E-state index is 0.415. The molecule has 1 atom stereocenters. The molecule has 1 aromatic carbocycles. The van der Waals surface area contributed by atoms with E-state index in [2.05, 4.69) is 60.1 Å². The van der Waals surface area contributed by atoms with Crippen LogP contribution in [0.2, 0.25) is 0 Å². The molecule has 0 N–H and O–H groups in total. The lowest BCUT2D eigenvalue weighted by Gasteiger charge is -2.24. The number of likely N-dealkylation sites (N-methyl/N-ethyl adjacent to an activating group) is 1. The summed E-state index contributed by atoms with van der Waals surface area (Å²) in [4.78, 5) is 6.85. The summed E-state index contributed by atoms with van der Waals surface area (Å²) in [6.45, 7) is 5.24. The van der Waals surface area contributed by atoms with Crippen molar-refractivity contribution >= 4 is 10.9 Å². The molecule has 0 unspecified atom stereocenters. The van der Waals surface area contributed by atoms with Gasteiger partial charge in [0.25, 0.3) is 0 Å². The van der Waals surface area contributed by atoms with Crippen LogP contribution >= 0.6 is 0 Å². The molecule has 0 aliphatic carbocycles. The van der Waals surface area contributed by atoms with E-state index < -0.39 is 0 Å². The van der Waals surface area contributed by atoms with Crippen molar-refractivity contribution < 1.29 is 0 Å². The maximum absolute atomic E-state index is 4.60. The summed E-state index contributed by atoms with van der Waals surface area (Å²) in [5, 5.41) is 5.84. The van der Waals surface area contributed by atoms with Crippen LogP contribution in [0, 0.1) is 6.92 Å². The van der Waals surface area contributed by atoms with Gasteiger partial charge in [-0.05, 0) is 44.7 Å². The highest BCUT2D eigenvalue weighted by Crippen LogP contribution is 2.20. The van der Waals surface area contributed by atoms with Gasteiger partial charge in [-0.2, -0.15) is 5.10 Å². The van der Waals surface area contributed by atoms with Gasteiger partial charge in [-0.3, -0.25) is 14.6 Å². The van der Waals surface area contributed by atoms with Crippen molar-refractivity contribution in [2.45, 2.75) is 32.9 Å². The molecule has 0 saturated heterocycles. The molecule has 23 heavy (non-hydrogen) atoms. The van der Waals surface area contributed by atoms with Gasteiger partial charge < -0.3 is 0 Å². The zero-order valence-corrected chi connectivity index (χ0v) is 14.3. The van der Waals surface area contributed by atoms with E-state index in [0.29, 0.717) is 6.04 Å². The Morgan fingerprint density at radius 2 is 2.00 bits per heavy atom. The minimum atomic E-state index is 0.415. The van der Waals surface area contributed by atoms with Crippen LogP contribution in [0.15, 0.2) is 42.6 Å². The molecule has 0 amide bonds. The highest BCUT2D eigenvalue weighted by molar-refractivity contribution is 5.81. The predicted octanol–water partition coefficient (Wildman–Crippen LogP) is 3.34. The number of aromatic nitrogens is 3. The van der Waals surface area contributed by atoms with Crippen molar-refractivity contribution in [2.24, 2.45) is 7.05 Å². The van der Waals surface area contributed by atoms with Gasteiger partial charge in [0.05, 0.1) is 11.2 Å². The van der Waals surface area contributed by atoms with E-state index in [-0.39, 0.29) is 0 Å². The molecule has 0 aliphatic heterocycles. The Balaban J connectivity index is 1.75. The third-order valence-electron chi connectivity index (χ3n) is 4.49. The number of nitrogens with zero attached hydrogens (tertiary/aromatic N) is 4. The fourth-order valence-corrected chi connectivity index (χ4v) is 2.95.